The van der Waals surface area contributed by atoms with Gasteiger partial charge in [0.2, 0.25) is 0 Å². The fraction of sp³-hybridized carbons (Fsp3) is 0.744. The van der Waals surface area contributed by atoms with Gasteiger partial charge in [-0.1, -0.05) is 354 Å². The van der Waals surface area contributed by atoms with Crippen LogP contribution in [0.15, 0.2) is 109 Å². The van der Waals surface area contributed by atoms with Crippen molar-refractivity contribution in [1.29, 1.82) is 0 Å². The molecule has 0 aliphatic carbocycles. The predicted molar refractivity (Wildman–Crippen MR) is 381 cm³/mol. The molecule has 0 heterocycles. The molecule has 3 N–H and O–H groups in total. The van der Waals surface area contributed by atoms with Crippen LogP contribution in [0.25, 0.3) is 0 Å². The number of nitrogens with two attached hydrogens (primary N) is 1. The number of unbranched alkanes of at least 4 members (excludes halogenated alkanes) is 38. The van der Waals surface area contributed by atoms with Crippen LogP contribution in [0, 0.1) is 0 Å². The summed E-state index contributed by atoms with van der Waals surface area (Å²) in [4.78, 5) is 35.4. The summed E-state index contributed by atoms with van der Waals surface area (Å²) in [5.41, 5.74) is 5.41. The van der Waals surface area contributed by atoms with E-state index in [0.29, 0.717) is 6.42 Å². The molecule has 0 fully saturated rings. The third-order valence-corrected chi connectivity index (χ3v) is 16.9. The van der Waals surface area contributed by atoms with Crippen LogP contribution in [-0.2, 0) is 32.7 Å². The van der Waals surface area contributed by atoms with Crippen LogP contribution in [0.3, 0.4) is 0 Å². The Bertz CT molecular complexity index is 1810. The molecule has 10 heteroatoms. The number of allylic oxidation sites excluding steroid dienone is 18. The molecule has 9 nitrogen and oxygen atoms in total. The molecule has 0 bridgehead atoms. The van der Waals surface area contributed by atoms with Crippen molar-refractivity contribution in [1.82, 2.24) is 0 Å². The first-order valence-electron chi connectivity index (χ1n) is 36.9. The average molecular weight is 1250 g/mol. The minimum absolute atomic E-state index is 0.0506. The van der Waals surface area contributed by atoms with E-state index in [9.17, 15) is 19.0 Å². The smallest absolute Gasteiger partial charge is 0.462 e. The van der Waals surface area contributed by atoms with Gasteiger partial charge in [-0.2, -0.15) is 0 Å². The molecule has 0 rings (SSSR count). The highest BCUT2D eigenvalue weighted by atomic mass is 31.2. The minimum atomic E-state index is -4.40. The van der Waals surface area contributed by atoms with Crippen LogP contribution in [0.2, 0.25) is 0 Å². The summed E-state index contributed by atoms with van der Waals surface area (Å²) < 4.78 is 33.2. The Morgan fingerprint density at radius 3 is 0.932 bits per heavy atom. The van der Waals surface area contributed by atoms with Crippen LogP contribution in [0.4, 0.5) is 0 Å². The molecule has 0 amide bonds. The van der Waals surface area contributed by atoms with Crippen molar-refractivity contribution in [2.24, 2.45) is 5.73 Å². The summed E-state index contributed by atoms with van der Waals surface area (Å²) in [6.07, 6.45) is 100. The van der Waals surface area contributed by atoms with E-state index in [1.54, 1.807) is 0 Å². The topological polar surface area (TPSA) is 134 Å². The van der Waals surface area contributed by atoms with E-state index in [2.05, 4.69) is 123 Å². The number of carbonyl (C=O) groups is 2. The maximum absolute atomic E-state index is 12.8. The molecule has 88 heavy (non-hydrogen) atoms. The highest BCUT2D eigenvalue weighted by Crippen LogP contribution is 2.43. The van der Waals surface area contributed by atoms with E-state index < -0.39 is 26.5 Å². The van der Waals surface area contributed by atoms with Crippen LogP contribution >= 0.6 is 7.82 Å². The molecule has 508 valence electrons. The lowest BCUT2D eigenvalue weighted by molar-refractivity contribution is -0.161. The van der Waals surface area contributed by atoms with Gasteiger partial charge in [0.05, 0.1) is 13.2 Å². The van der Waals surface area contributed by atoms with Gasteiger partial charge in [-0.3, -0.25) is 18.6 Å². The number of rotatable bonds is 69. The summed E-state index contributed by atoms with van der Waals surface area (Å²) in [6, 6.07) is 0. The van der Waals surface area contributed by atoms with Crippen LogP contribution < -0.4 is 5.73 Å². The van der Waals surface area contributed by atoms with Crippen molar-refractivity contribution in [2.75, 3.05) is 26.4 Å². The molecular weight excluding hydrogens is 1110 g/mol. The lowest BCUT2D eigenvalue weighted by Crippen LogP contribution is -2.29. The van der Waals surface area contributed by atoms with Crippen molar-refractivity contribution in [3.63, 3.8) is 0 Å². The first-order chi connectivity index (χ1) is 43.3. The second-order valence-electron chi connectivity index (χ2n) is 24.4. The molecule has 2 unspecified atom stereocenters. The van der Waals surface area contributed by atoms with E-state index >= 15 is 0 Å². The molecule has 0 aromatic heterocycles. The zero-order valence-electron chi connectivity index (χ0n) is 57.2. The standard InChI is InChI=1S/C78H138NO8P/c1-3-5-7-9-11-13-15-17-19-21-23-25-27-29-31-33-34-35-36-37-38-39-40-41-42-43-45-47-49-51-53-55-57-59-61-63-65-67-69-71-78(81)87-76(75-86-88(82,83)85-73-72-79)74-84-77(80)70-68-66-64-62-60-58-56-54-52-50-48-46-44-32-30-28-26-24-22-20-18-16-14-12-10-8-6-4-2/h5,7,11,13,17,19,23,25,29,31,34-35,37-38,40-41,43,45,76H,3-4,6,8-10,12,14-16,18,20-22,24,26-28,30,32-33,36,39,42,44,46-75,79H2,1-2H3,(H,82,83)/b7-5-,13-11-,19-17-,25-23-,31-29-,35-34-,38-37-,41-40-,45-43-. The highest BCUT2D eigenvalue weighted by Gasteiger charge is 2.26. The van der Waals surface area contributed by atoms with Gasteiger partial charge in [0, 0.05) is 19.4 Å². The third-order valence-electron chi connectivity index (χ3n) is 15.9. The van der Waals surface area contributed by atoms with Crippen molar-refractivity contribution < 1.29 is 37.6 Å². The van der Waals surface area contributed by atoms with Crippen molar-refractivity contribution >= 4 is 19.8 Å². The lowest BCUT2D eigenvalue weighted by atomic mass is 10.0. The van der Waals surface area contributed by atoms with E-state index in [1.807, 2.05) is 0 Å². The second kappa shape index (κ2) is 72.7. The van der Waals surface area contributed by atoms with Crippen molar-refractivity contribution in [3.8, 4) is 0 Å². The molecule has 0 aromatic rings. The first-order valence-corrected chi connectivity index (χ1v) is 38.4. The Morgan fingerprint density at radius 1 is 0.352 bits per heavy atom. The van der Waals surface area contributed by atoms with Gasteiger partial charge in [0.1, 0.15) is 6.61 Å². The Morgan fingerprint density at radius 2 is 0.625 bits per heavy atom. The summed E-state index contributed by atoms with van der Waals surface area (Å²) in [6.45, 7) is 3.67. The molecular formula is C78H138NO8P. The van der Waals surface area contributed by atoms with E-state index in [0.717, 1.165) is 103 Å². The Hall–Kier alpha value is -3.33. The zero-order valence-corrected chi connectivity index (χ0v) is 58.1. The van der Waals surface area contributed by atoms with Gasteiger partial charge in [0.15, 0.2) is 6.10 Å². The number of hydrogen-bond acceptors (Lipinski definition) is 8. The van der Waals surface area contributed by atoms with Crippen LogP contribution in [0.1, 0.15) is 341 Å². The maximum Gasteiger partial charge on any atom is 0.472 e. The monoisotopic (exact) mass is 1250 g/mol. The second-order valence-corrected chi connectivity index (χ2v) is 25.9. The first kappa shape index (κ1) is 84.7. The van der Waals surface area contributed by atoms with Crippen molar-refractivity contribution in [2.45, 2.75) is 347 Å². The summed E-state index contributed by atoms with van der Waals surface area (Å²) in [5.74, 6) is -0.820. The molecule has 0 aliphatic rings. The number of ether oxygens (including phenoxy) is 2. The van der Waals surface area contributed by atoms with E-state index in [-0.39, 0.29) is 38.6 Å². The molecule has 0 aromatic carbocycles. The third kappa shape index (κ3) is 71.7. The highest BCUT2D eigenvalue weighted by molar-refractivity contribution is 7.47. The van der Waals surface area contributed by atoms with Crippen LogP contribution in [0.5, 0.6) is 0 Å². The van der Waals surface area contributed by atoms with Gasteiger partial charge in [-0.15, -0.1) is 0 Å². The quantitative estimate of drug-likeness (QED) is 0.0264. The summed E-state index contributed by atoms with van der Waals surface area (Å²) in [5, 5.41) is 0. The van der Waals surface area contributed by atoms with Gasteiger partial charge >= 0.3 is 19.8 Å². The van der Waals surface area contributed by atoms with Gasteiger partial charge in [-0.05, 0) is 83.5 Å². The fourth-order valence-corrected chi connectivity index (χ4v) is 11.3. The maximum atomic E-state index is 12.8. The number of carbonyl (C=O) groups excluding carboxylic acids is 2. The summed E-state index contributed by atoms with van der Waals surface area (Å²) >= 11 is 0. The fourth-order valence-electron chi connectivity index (χ4n) is 10.5. The Kier molecular flexibility index (Phi) is 70.0. The lowest BCUT2D eigenvalue weighted by Gasteiger charge is -2.19. The van der Waals surface area contributed by atoms with Crippen molar-refractivity contribution in [3.05, 3.63) is 109 Å². The molecule has 0 saturated heterocycles. The number of hydrogen-bond donors (Lipinski definition) is 2. The molecule has 0 aliphatic heterocycles. The van der Waals surface area contributed by atoms with E-state index in [1.165, 1.54) is 205 Å². The Balaban J connectivity index is 3.89. The molecule has 0 spiro atoms. The predicted octanol–water partition coefficient (Wildman–Crippen LogP) is 24.5. The molecule has 0 radical (unpaired) electrons. The molecule has 0 saturated carbocycles. The number of phosphoric ester groups is 1. The minimum Gasteiger partial charge on any atom is -0.462 e. The van der Waals surface area contributed by atoms with Gasteiger partial charge in [0.25, 0.3) is 0 Å². The SMILES string of the molecule is CC/C=C\C/C=C\C/C=C\C/C=C\C/C=C\C/C=C\C/C=C\C/C=C\C/C=C\CCCCCCCCCCCCCC(=O)OC(COC(=O)CCCCCCCCCCCCCCCCCCCCCCCCCCCCCC)COP(=O)(O)OCCN. The van der Waals surface area contributed by atoms with Gasteiger partial charge < -0.3 is 20.1 Å². The Labute approximate surface area is 543 Å². The van der Waals surface area contributed by atoms with E-state index in [4.69, 9.17) is 24.3 Å². The van der Waals surface area contributed by atoms with Crippen LogP contribution in [-0.4, -0.2) is 49.3 Å². The zero-order chi connectivity index (χ0) is 63.7. The van der Waals surface area contributed by atoms with Gasteiger partial charge in [-0.25, -0.2) is 4.57 Å². The molecule has 2 atom stereocenters. The normalized spacial score (nSPS) is 13.5. The summed E-state index contributed by atoms with van der Waals surface area (Å²) in [7, 11) is -4.40. The largest absolute Gasteiger partial charge is 0.472 e. The average Bonchev–Trinajstić information content (AvgIpc) is 3.71. The number of phosphoric acid groups is 1. The number of esters is 2.